The SMILES string of the molecule is CC(=Nc1ccc(NC(=O)CNc2ccccc2)cc1)N(C)C. The van der Waals surface area contributed by atoms with Gasteiger partial charge in [0.15, 0.2) is 0 Å². The van der Waals surface area contributed by atoms with E-state index in [1.165, 1.54) is 0 Å². The Kier molecular flexibility index (Phi) is 5.74. The van der Waals surface area contributed by atoms with Crippen LogP contribution >= 0.6 is 0 Å². The van der Waals surface area contributed by atoms with Crippen LogP contribution in [0.2, 0.25) is 0 Å². The predicted molar refractivity (Wildman–Crippen MR) is 96.5 cm³/mol. The summed E-state index contributed by atoms with van der Waals surface area (Å²) in [6.07, 6.45) is 0. The van der Waals surface area contributed by atoms with Gasteiger partial charge in [0.05, 0.1) is 12.2 Å². The Morgan fingerprint density at radius 2 is 1.65 bits per heavy atom. The monoisotopic (exact) mass is 310 g/mol. The van der Waals surface area contributed by atoms with Crippen molar-refractivity contribution in [3.63, 3.8) is 0 Å². The van der Waals surface area contributed by atoms with Crippen LogP contribution in [0.25, 0.3) is 0 Å². The Labute approximate surface area is 137 Å². The number of hydrogen-bond donors (Lipinski definition) is 2. The van der Waals surface area contributed by atoms with Gasteiger partial charge in [0.1, 0.15) is 5.84 Å². The van der Waals surface area contributed by atoms with Gasteiger partial charge in [-0.05, 0) is 43.3 Å². The molecule has 0 aliphatic heterocycles. The van der Waals surface area contributed by atoms with Crippen molar-refractivity contribution >= 4 is 28.8 Å². The number of carbonyl (C=O) groups excluding carboxylic acids is 1. The first-order valence-electron chi connectivity index (χ1n) is 7.46. The van der Waals surface area contributed by atoms with Gasteiger partial charge in [-0.1, -0.05) is 18.2 Å². The van der Waals surface area contributed by atoms with E-state index in [4.69, 9.17) is 0 Å². The fourth-order valence-corrected chi connectivity index (χ4v) is 1.85. The highest BCUT2D eigenvalue weighted by Crippen LogP contribution is 2.17. The van der Waals surface area contributed by atoms with E-state index < -0.39 is 0 Å². The molecule has 0 spiro atoms. The first-order valence-corrected chi connectivity index (χ1v) is 7.46. The highest BCUT2D eigenvalue weighted by molar-refractivity contribution is 5.94. The third-order valence-corrected chi connectivity index (χ3v) is 3.32. The van der Waals surface area contributed by atoms with Gasteiger partial charge in [-0.25, -0.2) is 4.99 Å². The molecule has 0 aliphatic carbocycles. The molecule has 2 aromatic carbocycles. The minimum atomic E-state index is -0.0884. The summed E-state index contributed by atoms with van der Waals surface area (Å²) in [4.78, 5) is 18.4. The van der Waals surface area contributed by atoms with Crippen LogP contribution in [0, 0.1) is 0 Å². The number of anilines is 2. The quantitative estimate of drug-likeness (QED) is 0.658. The third kappa shape index (κ3) is 5.47. The maximum absolute atomic E-state index is 11.9. The number of nitrogens with zero attached hydrogens (tertiary/aromatic N) is 2. The summed E-state index contributed by atoms with van der Waals surface area (Å²) in [6, 6.07) is 17.1. The Morgan fingerprint density at radius 1 is 1.00 bits per heavy atom. The molecule has 23 heavy (non-hydrogen) atoms. The van der Waals surface area contributed by atoms with E-state index in [1.54, 1.807) is 0 Å². The Hall–Kier alpha value is -2.82. The average Bonchev–Trinajstić information content (AvgIpc) is 2.55. The van der Waals surface area contributed by atoms with Crippen LogP contribution in [0.3, 0.4) is 0 Å². The van der Waals surface area contributed by atoms with Crippen molar-refractivity contribution in [2.24, 2.45) is 4.99 Å². The lowest BCUT2D eigenvalue weighted by molar-refractivity contribution is -0.114. The van der Waals surface area contributed by atoms with Crippen LogP contribution in [0.4, 0.5) is 17.1 Å². The number of rotatable bonds is 5. The second-order valence-corrected chi connectivity index (χ2v) is 5.37. The highest BCUT2D eigenvalue weighted by Gasteiger charge is 2.02. The van der Waals surface area contributed by atoms with Crippen molar-refractivity contribution in [2.45, 2.75) is 6.92 Å². The van der Waals surface area contributed by atoms with Crippen LogP contribution in [0.15, 0.2) is 59.6 Å². The van der Waals surface area contributed by atoms with Gasteiger partial charge < -0.3 is 15.5 Å². The molecule has 0 aliphatic rings. The molecular formula is C18H22N4O. The molecule has 0 heterocycles. The lowest BCUT2D eigenvalue weighted by Crippen LogP contribution is -2.21. The number of amides is 1. The van der Waals surface area contributed by atoms with Crippen LogP contribution < -0.4 is 10.6 Å². The zero-order valence-electron chi connectivity index (χ0n) is 13.7. The van der Waals surface area contributed by atoms with Gasteiger partial charge in [-0.2, -0.15) is 0 Å². The largest absolute Gasteiger partial charge is 0.376 e. The molecule has 120 valence electrons. The number of hydrogen-bond acceptors (Lipinski definition) is 3. The lowest BCUT2D eigenvalue weighted by Gasteiger charge is -2.11. The number of para-hydroxylation sites is 1. The summed E-state index contributed by atoms with van der Waals surface area (Å²) in [6.45, 7) is 2.18. The third-order valence-electron chi connectivity index (χ3n) is 3.32. The van der Waals surface area contributed by atoms with Crippen LogP contribution in [-0.4, -0.2) is 37.3 Å². The van der Waals surface area contributed by atoms with Gasteiger partial charge >= 0.3 is 0 Å². The fraction of sp³-hybridized carbons (Fsp3) is 0.222. The Balaban J connectivity index is 1.88. The first kappa shape index (κ1) is 16.5. The molecule has 0 bridgehead atoms. The van der Waals surface area contributed by atoms with Crippen molar-refractivity contribution in [3.8, 4) is 0 Å². The first-order chi connectivity index (χ1) is 11.0. The molecule has 5 heteroatoms. The molecule has 5 nitrogen and oxygen atoms in total. The predicted octanol–water partition coefficient (Wildman–Crippen LogP) is 3.35. The van der Waals surface area contributed by atoms with Gasteiger partial charge in [-0.3, -0.25) is 4.79 Å². The topological polar surface area (TPSA) is 56.7 Å². The van der Waals surface area contributed by atoms with Crippen molar-refractivity contribution in [1.29, 1.82) is 0 Å². The number of amidine groups is 1. The maximum Gasteiger partial charge on any atom is 0.243 e. The highest BCUT2D eigenvalue weighted by atomic mass is 16.1. The summed E-state index contributed by atoms with van der Waals surface area (Å²) in [5.74, 6) is 0.837. The summed E-state index contributed by atoms with van der Waals surface area (Å²) in [5, 5.41) is 5.93. The van der Waals surface area contributed by atoms with Crippen LogP contribution in [-0.2, 0) is 4.79 Å². The van der Waals surface area contributed by atoms with Gasteiger partial charge in [-0.15, -0.1) is 0 Å². The fourth-order valence-electron chi connectivity index (χ4n) is 1.85. The second kappa shape index (κ2) is 7.98. The molecule has 2 rings (SSSR count). The summed E-state index contributed by atoms with van der Waals surface area (Å²) >= 11 is 0. The zero-order valence-corrected chi connectivity index (χ0v) is 13.7. The van der Waals surface area contributed by atoms with Crippen LogP contribution in [0.1, 0.15) is 6.92 Å². The summed E-state index contributed by atoms with van der Waals surface area (Å²) in [5.41, 5.74) is 2.54. The zero-order chi connectivity index (χ0) is 16.7. The molecule has 0 saturated heterocycles. The number of carbonyl (C=O) groups is 1. The van der Waals surface area contributed by atoms with Gasteiger partial charge in [0.25, 0.3) is 0 Å². The number of benzene rings is 2. The minimum Gasteiger partial charge on any atom is -0.376 e. The van der Waals surface area contributed by atoms with E-state index in [-0.39, 0.29) is 12.5 Å². The lowest BCUT2D eigenvalue weighted by atomic mass is 10.3. The Bertz CT molecular complexity index is 663. The molecular weight excluding hydrogens is 288 g/mol. The molecule has 0 radical (unpaired) electrons. The van der Waals surface area contributed by atoms with E-state index in [0.717, 1.165) is 22.9 Å². The van der Waals surface area contributed by atoms with E-state index in [9.17, 15) is 4.79 Å². The van der Waals surface area contributed by atoms with Gasteiger partial charge in [0, 0.05) is 25.5 Å². The van der Waals surface area contributed by atoms with Crippen LogP contribution in [0.5, 0.6) is 0 Å². The Morgan fingerprint density at radius 3 is 2.26 bits per heavy atom. The van der Waals surface area contributed by atoms with Crippen molar-refractivity contribution in [1.82, 2.24) is 4.90 Å². The van der Waals surface area contributed by atoms with E-state index >= 15 is 0 Å². The van der Waals surface area contributed by atoms with Crippen molar-refractivity contribution < 1.29 is 4.79 Å². The maximum atomic E-state index is 11.9. The molecule has 0 unspecified atom stereocenters. The van der Waals surface area contributed by atoms with E-state index in [2.05, 4.69) is 15.6 Å². The van der Waals surface area contributed by atoms with E-state index in [0.29, 0.717) is 0 Å². The molecule has 2 N–H and O–H groups in total. The second-order valence-electron chi connectivity index (χ2n) is 5.37. The number of aliphatic imine (C=N–C) groups is 1. The smallest absolute Gasteiger partial charge is 0.243 e. The molecule has 0 atom stereocenters. The standard InChI is InChI=1S/C18H22N4O/c1-14(22(2)3)20-16-9-11-17(12-10-16)21-18(23)13-19-15-7-5-4-6-8-15/h4-12,19H,13H2,1-3H3,(H,21,23). The molecule has 0 saturated carbocycles. The molecule has 1 amide bonds. The van der Waals surface area contributed by atoms with Gasteiger partial charge in [0.2, 0.25) is 5.91 Å². The van der Waals surface area contributed by atoms with Crippen molar-refractivity contribution in [2.75, 3.05) is 31.3 Å². The molecule has 0 fully saturated rings. The summed E-state index contributed by atoms with van der Waals surface area (Å²) in [7, 11) is 3.90. The normalized spacial score (nSPS) is 11.0. The number of nitrogens with one attached hydrogen (secondary N) is 2. The summed E-state index contributed by atoms with van der Waals surface area (Å²) < 4.78 is 0. The van der Waals surface area contributed by atoms with E-state index in [1.807, 2.05) is 80.5 Å². The van der Waals surface area contributed by atoms with Crippen molar-refractivity contribution in [3.05, 3.63) is 54.6 Å². The molecule has 0 aromatic heterocycles. The minimum absolute atomic E-state index is 0.0884. The average molecular weight is 310 g/mol. The molecule has 2 aromatic rings.